The standard InChI is InChI=1S/C22H20N2O3/c25-21(18-9-10-20-17(13-18)3-1-11-23-20)24-12-2-4-19(14-24)15-5-7-16(8-6-15)22(26)27/h1,3,5-11,13,19H,2,4,12,14H2,(H,26,27)/t19-/m0/s1. The normalized spacial score (nSPS) is 17.0. The zero-order valence-corrected chi connectivity index (χ0v) is 14.8. The minimum atomic E-state index is -0.923. The third-order valence-electron chi connectivity index (χ3n) is 5.19. The highest BCUT2D eigenvalue weighted by Gasteiger charge is 2.25. The molecule has 1 aliphatic heterocycles. The summed E-state index contributed by atoms with van der Waals surface area (Å²) in [5, 5.41) is 10.0. The molecule has 0 spiro atoms. The van der Waals surface area contributed by atoms with E-state index in [2.05, 4.69) is 4.98 Å². The second-order valence-corrected chi connectivity index (χ2v) is 6.93. The van der Waals surface area contributed by atoms with Crippen LogP contribution in [0.4, 0.5) is 0 Å². The third kappa shape index (κ3) is 3.53. The summed E-state index contributed by atoms with van der Waals surface area (Å²) in [5.41, 5.74) is 2.92. The van der Waals surface area contributed by atoms with E-state index in [1.54, 1.807) is 18.3 Å². The molecule has 1 saturated heterocycles. The third-order valence-corrected chi connectivity index (χ3v) is 5.19. The van der Waals surface area contributed by atoms with Crippen LogP contribution >= 0.6 is 0 Å². The number of fused-ring (bicyclic) bond motifs is 1. The van der Waals surface area contributed by atoms with Gasteiger partial charge in [0.15, 0.2) is 0 Å². The van der Waals surface area contributed by atoms with E-state index in [1.165, 1.54) is 0 Å². The predicted molar refractivity (Wildman–Crippen MR) is 103 cm³/mol. The summed E-state index contributed by atoms with van der Waals surface area (Å²) >= 11 is 0. The van der Waals surface area contributed by atoms with Crippen LogP contribution in [0.5, 0.6) is 0 Å². The molecule has 2 heterocycles. The Kier molecular flexibility index (Phi) is 4.59. The van der Waals surface area contributed by atoms with E-state index in [9.17, 15) is 9.59 Å². The van der Waals surface area contributed by atoms with Crippen LogP contribution in [0.15, 0.2) is 60.8 Å². The summed E-state index contributed by atoms with van der Waals surface area (Å²) in [7, 11) is 0. The molecule has 0 saturated carbocycles. The van der Waals surface area contributed by atoms with Gasteiger partial charge < -0.3 is 10.0 Å². The van der Waals surface area contributed by atoms with Crippen LogP contribution in [0.3, 0.4) is 0 Å². The average Bonchev–Trinajstić information content (AvgIpc) is 2.73. The van der Waals surface area contributed by atoms with Gasteiger partial charge in [-0.25, -0.2) is 4.79 Å². The number of carboxylic acids is 1. The van der Waals surface area contributed by atoms with Gasteiger partial charge in [-0.15, -0.1) is 0 Å². The smallest absolute Gasteiger partial charge is 0.335 e. The van der Waals surface area contributed by atoms with Gasteiger partial charge in [0, 0.05) is 36.2 Å². The van der Waals surface area contributed by atoms with Gasteiger partial charge in [-0.3, -0.25) is 9.78 Å². The van der Waals surface area contributed by atoms with Crippen LogP contribution in [0.25, 0.3) is 10.9 Å². The zero-order chi connectivity index (χ0) is 18.8. The first kappa shape index (κ1) is 17.2. The topological polar surface area (TPSA) is 70.5 Å². The fourth-order valence-corrected chi connectivity index (χ4v) is 3.72. The average molecular weight is 360 g/mol. The second-order valence-electron chi connectivity index (χ2n) is 6.93. The van der Waals surface area contributed by atoms with Gasteiger partial charge in [-0.2, -0.15) is 0 Å². The number of rotatable bonds is 3. The fourth-order valence-electron chi connectivity index (χ4n) is 3.72. The first-order valence-electron chi connectivity index (χ1n) is 9.09. The number of aromatic nitrogens is 1. The van der Waals surface area contributed by atoms with Crippen LogP contribution in [0, 0.1) is 0 Å². The number of carbonyl (C=O) groups is 2. The summed E-state index contributed by atoms with van der Waals surface area (Å²) < 4.78 is 0. The molecule has 0 radical (unpaired) electrons. The Hall–Kier alpha value is -3.21. The van der Waals surface area contributed by atoms with Gasteiger partial charge in [0.2, 0.25) is 0 Å². The summed E-state index contributed by atoms with van der Waals surface area (Å²) in [4.78, 5) is 30.2. The summed E-state index contributed by atoms with van der Waals surface area (Å²) in [5.74, 6) is -0.659. The first-order valence-corrected chi connectivity index (χ1v) is 9.09. The maximum Gasteiger partial charge on any atom is 0.335 e. The van der Waals surface area contributed by atoms with E-state index in [1.807, 2.05) is 47.4 Å². The fraction of sp³-hybridized carbons (Fsp3) is 0.227. The molecule has 4 rings (SSSR count). The quantitative estimate of drug-likeness (QED) is 0.768. The van der Waals surface area contributed by atoms with Gasteiger partial charge in [-0.05, 0) is 54.8 Å². The number of hydrogen-bond donors (Lipinski definition) is 1. The summed E-state index contributed by atoms with van der Waals surface area (Å²) in [6, 6.07) is 16.4. The molecule has 5 nitrogen and oxygen atoms in total. The number of pyridine rings is 1. The maximum atomic E-state index is 13.0. The lowest BCUT2D eigenvalue weighted by Crippen LogP contribution is -2.39. The molecule has 136 valence electrons. The van der Waals surface area contributed by atoms with Crippen LogP contribution in [-0.4, -0.2) is 40.0 Å². The molecule has 2 aromatic carbocycles. The number of amides is 1. The number of hydrogen-bond acceptors (Lipinski definition) is 3. The van der Waals surface area contributed by atoms with E-state index < -0.39 is 5.97 Å². The van der Waals surface area contributed by atoms with Gasteiger partial charge in [-0.1, -0.05) is 18.2 Å². The highest BCUT2D eigenvalue weighted by Crippen LogP contribution is 2.28. The van der Waals surface area contributed by atoms with Gasteiger partial charge in [0.1, 0.15) is 0 Å². The summed E-state index contributed by atoms with van der Waals surface area (Å²) in [6.07, 6.45) is 3.68. The van der Waals surface area contributed by atoms with Crippen molar-refractivity contribution in [2.45, 2.75) is 18.8 Å². The van der Waals surface area contributed by atoms with Crippen molar-refractivity contribution in [2.75, 3.05) is 13.1 Å². The molecular formula is C22H20N2O3. The number of carbonyl (C=O) groups excluding carboxylic acids is 1. The Balaban J connectivity index is 1.52. The Morgan fingerprint density at radius 2 is 1.81 bits per heavy atom. The SMILES string of the molecule is O=C(O)c1ccc([C@H]2CCCN(C(=O)c3ccc4ncccc4c3)C2)cc1. The molecule has 0 bridgehead atoms. The van der Waals surface area contributed by atoms with E-state index in [0.29, 0.717) is 12.1 Å². The molecule has 1 aromatic heterocycles. The van der Waals surface area contributed by atoms with Gasteiger partial charge in [0.25, 0.3) is 5.91 Å². The Bertz CT molecular complexity index is 998. The number of aromatic carboxylic acids is 1. The zero-order valence-electron chi connectivity index (χ0n) is 14.8. The van der Waals surface area contributed by atoms with Gasteiger partial charge >= 0.3 is 5.97 Å². The molecule has 27 heavy (non-hydrogen) atoms. The number of benzene rings is 2. The summed E-state index contributed by atoms with van der Waals surface area (Å²) in [6.45, 7) is 1.39. The molecule has 1 N–H and O–H groups in total. The van der Waals surface area contributed by atoms with Crippen LogP contribution in [-0.2, 0) is 0 Å². The number of carboxylic acid groups (broad SMARTS) is 1. The van der Waals surface area contributed by atoms with Crippen molar-refractivity contribution in [3.8, 4) is 0 Å². The van der Waals surface area contributed by atoms with Crippen LogP contribution in [0.2, 0.25) is 0 Å². The molecule has 1 fully saturated rings. The highest BCUT2D eigenvalue weighted by atomic mass is 16.4. The molecule has 1 aliphatic rings. The molecule has 0 aliphatic carbocycles. The molecular weight excluding hydrogens is 340 g/mol. The van der Waals surface area contributed by atoms with Crippen molar-refractivity contribution in [1.82, 2.24) is 9.88 Å². The second kappa shape index (κ2) is 7.19. The molecule has 1 amide bonds. The van der Waals surface area contributed by atoms with Crippen molar-refractivity contribution >= 4 is 22.8 Å². The number of likely N-dealkylation sites (tertiary alicyclic amines) is 1. The lowest BCUT2D eigenvalue weighted by molar-refractivity contribution is 0.0693. The number of piperidine rings is 1. The van der Waals surface area contributed by atoms with Crippen LogP contribution in [0.1, 0.15) is 45.0 Å². The first-order chi connectivity index (χ1) is 13.1. The van der Waals surface area contributed by atoms with Crippen molar-refractivity contribution in [2.24, 2.45) is 0 Å². The predicted octanol–water partition coefficient (Wildman–Crippen LogP) is 3.95. The van der Waals surface area contributed by atoms with E-state index in [-0.39, 0.29) is 17.4 Å². The van der Waals surface area contributed by atoms with Crippen molar-refractivity contribution < 1.29 is 14.7 Å². The van der Waals surface area contributed by atoms with Gasteiger partial charge in [0.05, 0.1) is 11.1 Å². The Morgan fingerprint density at radius 1 is 1.04 bits per heavy atom. The van der Waals surface area contributed by atoms with E-state index in [0.717, 1.165) is 35.9 Å². The highest BCUT2D eigenvalue weighted by molar-refractivity contribution is 5.98. The Morgan fingerprint density at radius 3 is 2.59 bits per heavy atom. The minimum absolute atomic E-state index is 0.0348. The lowest BCUT2D eigenvalue weighted by atomic mass is 9.90. The Labute approximate surface area is 157 Å². The maximum absolute atomic E-state index is 13.0. The molecule has 1 atom stereocenters. The molecule has 3 aromatic rings. The van der Waals surface area contributed by atoms with E-state index >= 15 is 0 Å². The van der Waals surface area contributed by atoms with Crippen LogP contribution < -0.4 is 0 Å². The van der Waals surface area contributed by atoms with E-state index in [4.69, 9.17) is 5.11 Å². The minimum Gasteiger partial charge on any atom is -0.478 e. The number of nitrogens with zero attached hydrogens (tertiary/aromatic N) is 2. The molecule has 5 heteroatoms. The monoisotopic (exact) mass is 360 g/mol. The molecule has 0 unspecified atom stereocenters. The largest absolute Gasteiger partial charge is 0.478 e. The lowest BCUT2D eigenvalue weighted by Gasteiger charge is -2.33. The van der Waals surface area contributed by atoms with Crippen molar-refractivity contribution in [1.29, 1.82) is 0 Å². The van der Waals surface area contributed by atoms with Crippen molar-refractivity contribution in [3.63, 3.8) is 0 Å². The van der Waals surface area contributed by atoms with Crippen molar-refractivity contribution in [3.05, 3.63) is 77.5 Å².